The number of aliphatic hydroxyl groups excluding tert-OH is 1. The van der Waals surface area contributed by atoms with Gasteiger partial charge in [-0.1, -0.05) is 0 Å². The zero-order valence-corrected chi connectivity index (χ0v) is 10.0. The van der Waals surface area contributed by atoms with Gasteiger partial charge < -0.3 is 20.9 Å². The lowest BCUT2D eigenvalue weighted by molar-refractivity contribution is 0.0615. The molecule has 0 spiro atoms. The van der Waals surface area contributed by atoms with Gasteiger partial charge in [0.1, 0.15) is 5.82 Å². The molecular weight excluding hydrogens is 208 g/mol. The second-order valence-electron chi connectivity index (χ2n) is 3.80. The highest BCUT2D eigenvalue weighted by atomic mass is 16.5. The van der Waals surface area contributed by atoms with Crippen molar-refractivity contribution >= 4 is 11.5 Å². The SMILES string of the molecule is COCC(O)CCNc1c(N)c(C)nn1C. The highest BCUT2D eigenvalue weighted by molar-refractivity contribution is 5.64. The van der Waals surface area contributed by atoms with Gasteiger partial charge in [-0.2, -0.15) is 5.10 Å². The van der Waals surface area contributed by atoms with Crippen LogP contribution in [0.2, 0.25) is 0 Å². The molecule has 6 heteroatoms. The molecule has 0 aliphatic rings. The van der Waals surface area contributed by atoms with Crippen molar-refractivity contribution in [2.75, 3.05) is 31.3 Å². The molecule has 0 saturated heterocycles. The molecule has 0 aromatic carbocycles. The molecule has 1 heterocycles. The average molecular weight is 228 g/mol. The zero-order chi connectivity index (χ0) is 12.1. The lowest BCUT2D eigenvalue weighted by atomic mass is 10.2. The molecule has 1 atom stereocenters. The van der Waals surface area contributed by atoms with Gasteiger partial charge in [0.25, 0.3) is 0 Å². The third-order valence-corrected chi connectivity index (χ3v) is 2.40. The van der Waals surface area contributed by atoms with E-state index < -0.39 is 6.10 Å². The Labute approximate surface area is 95.4 Å². The molecule has 1 unspecified atom stereocenters. The number of ether oxygens (including phenoxy) is 1. The van der Waals surface area contributed by atoms with Crippen LogP contribution in [0.5, 0.6) is 0 Å². The summed E-state index contributed by atoms with van der Waals surface area (Å²) in [6.45, 7) is 2.84. The topological polar surface area (TPSA) is 85.3 Å². The van der Waals surface area contributed by atoms with Crippen LogP contribution in [0.4, 0.5) is 11.5 Å². The van der Waals surface area contributed by atoms with Gasteiger partial charge in [0.15, 0.2) is 0 Å². The van der Waals surface area contributed by atoms with Crippen LogP contribution in [0.1, 0.15) is 12.1 Å². The first-order valence-corrected chi connectivity index (χ1v) is 5.26. The van der Waals surface area contributed by atoms with E-state index in [4.69, 9.17) is 10.5 Å². The number of aliphatic hydroxyl groups is 1. The molecule has 0 fully saturated rings. The summed E-state index contributed by atoms with van der Waals surface area (Å²) in [6.07, 6.45) is 0.158. The maximum absolute atomic E-state index is 9.45. The van der Waals surface area contributed by atoms with Crippen molar-refractivity contribution < 1.29 is 9.84 Å². The molecule has 0 saturated carbocycles. The van der Waals surface area contributed by atoms with Crippen molar-refractivity contribution in [3.05, 3.63) is 5.69 Å². The van der Waals surface area contributed by atoms with Gasteiger partial charge in [-0.25, -0.2) is 0 Å². The van der Waals surface area contributed by atoms with Crippen LogP contribution in [-0.4, -0.2) is 41.3 Å². The molecule has 0 radical (unpaired) electrons. The summed E-state index contributed by atoms with van der Waals surface area (Å²) in [7, 11) is 3.40. The minimum Gasteiger partial charge on any atom is -0.394 e. The molecule has 1 aromatic rings. The lowest BCUT2D eigenvalue weighted by Gasteiger charge is -2.11. The number of nitrogens with zero attached hydrogens (tertiary/aromatic N) is 2. The summed E-state index contributed by atoms with van der Waals surface area (Å²) in [5.74, 6) is 0.794. The number of anilines is 2. The van der Waals surface area contributed by atoms with Crippen molar-refractivity contribution in [2.24, 2.45) is 7.05 Å². The Morgan fingerprint density at radius 2 is 2.31 bits per heavy atom. The van der Waals surface area contributed by atoms with Gasteiger partial charge in [0.05, 0.1) is 24.1 Å². The molecule has 16 heavy (non-hydrogen) atoms. The fourth-order valence-electron chi connectivity index (χ4n) is 1.52. The van der Waals surface area contributed by atoms with E-state index in [1.807, 2.05) is 14.0 Å². The minimum absolute atomic E-state index is 0.349. The molecule has 1 aromatic heterocycles. The number of aromatic nitrogens is 2. The summed E-state index contributed by atoms with van der Waals surface area (Å²) in [5.41, 5.74) is 7.31. The maximum atomic E-state index is 9.45. The molecule has 0 aliphatic heterocycles. The van der Waals surface area contributed by atoms with Crippen LogP contribution in [-0.2, 0) is 11.8 Å². The van der Waals surface area contributed by atoms with Crippen LogP contribution in [0.15, 0.2) is 0 Å². The van der Waals surface area contributed by atoms with Gasteiger partial charge in [0.2, 0.25) is 0 Å². The number of hydrogen-bond donors (Lipinski definition) is 3. The highest BCUT2D eigenvalue weighted by Gasteiger charge is 2.10. The minimum atomic E-state index is -0.451. The van der Waals surface area contributed by atoms with E-state index in [1.165, 1.54) is 0 Å². The molecule has 6 nitrogen and oxygen atoms in total. The van der Waals surface area contributed by atoms with Crippen molar-refractivity contribution in [1.82, 2.24) is 9.78 Å². The lowest BCUT2D eigenvalue weighted by Crippen LogP contribution is -2.19. The van der Waals surface area contributed by atoms with E-state index >= 15 is 0 Å². The monoisotopic (exact) mass is 228 g/mol. The smallest absolute Gasteiger partial charge is 0.147 e. The first-order valence-electron chi connectivity index (χ1n) is 5.26. The molecule has 4 N–H and O–H groups in total. The van der Waals surface area contributed by atoms with E-state index in [0.717, 1.165) is 11.5 Å². The number of aryl methyl sites for hydroxylation is 2. The Bertz CT molecular complexity index is 338. The van der Waals surface area contributed by atoms with Gasteiger partial charge in [-0.3, -0.25) is 4.68 Å². The summed E-state index contributed by atoms with van der Waals surface area (Å²) in [6, 6.07) is 0. The van der Waals surface area contributed by atoms with E-state index in [0.29, 0.717) is 25.3 Å². The van der Waals surface area contributed by atoms with E-state index in [9.17, 15) is 5.11 Å². The number of nitrogen functional groups attached to an aromatic ring is 1. The molecular formula is C10H20N4O2. The van der Waals surface area contributed by atoms with Gasteiger partial charge >= 0.3 is 0 Å². The molecule has 0 amide bonds. The Morgan fingerprint density at radius 1 is 1.62 bits per heavy atom. The number of hydrogen-bond acceptors (Lipinski definition) is 5. The number of nitrogens with one attached hydrogen (secondary N) is 1. The van der Waals surface area contributed by atoms with Crippen molar-refractivity contribution in [1.29, 1.82) is 0 Å². The van der Waals surface area contributed by atoms with Gasteiger partial charge in [-0.15, -0.1) is 0 Å². The summed E-state index contributed by atoms with van der Waals surface area (Å²) in [5, 5.41) is 16.8. The molecule has 92 valence electrons. The zero-order valence-electron chi connectivity index (χ0n) is 10.0. The molecule has 0 bridgehead atoms. The fourth-order valence-corrected chi connectivity index (χ4v) is 1.52. The first-order chi connectivity index (χ1) is 7.56. The maximum Gasteiger partial charge on any atom is 0.147 e. The summed E-state index contributed by atoms with van der Waals surface area (Å²) >= 11 is 0. The van der Waals surface area contributed by atoms with Crippen LogP contribution in [0.25, 0.3) is 0 Å². The Kier molecular flexibility index (Phi) is 4.57. The van der Waals surface area contributed by atoms with Crippen molar-refractivity contribution in [3.63, 3.8) is 0 Å². The summed E-state index contributed by atoms with van der Waals surface area (Å²) in [4.78, 5) is 0. The second kappa shape index (κ2) is 5.72. The average Bonchev–Trinajstić information content (AvgIpc) is 2.45. The van der Waals surface area contributed by atoms with Crippen LogP contribution in [0.3, 0.4) is 0 Å². The van der Waals surface area contributed by atoms with Gasteiger partial charge in [0, 0.05) is 20.7 Å². The fraction of sp³-hybridized carbons (Fsp3) is 0.700. The van der Waals surface area contributed by atoms with Crippen molar-refractivity contribution in [2.45, 2.75) is 19.4 Å². The van der Waals surface area contributed by atoms with Gasteiger partial charge in [-0.05, 0) is 13.3 Å². The standard InChI is InChI=1S/C10H20N4O2/c1-7-9(11)10(14(2)13-7)12-5-4-8(15)6-16-3/h8,12,15H,4-6,11H2,1-3H3. The molecule has 0 aliphatic carbocycles. The van der Waals surface area contributed by atoms with E-state index in [-0.39, 0.29) is 0 Å². The van der Waals surface area contributed by atoms with E-state index in [1.54, 1.807) is 11.8 Å². The third kappa shape index (κ3) is 3.11. The normalized spacial score (nSPS) is 12.8. The van der Waals surface area contributed by atoms with Crippen LogP contribution < -0.4 is 11.1 Å². The Hall–Kier alpha value is -1.27. The predicted molar refractivity (Wildman–Crippen MR) is 63.3 cm³/mol. The van der Waals surface area contributed by atoms with Crippen LogP contribution >= 0.6 is 0 Å². The predicted octanol–water partition coefficient (Wildman–Crippen LogP) is 0.120. The number of nitrogens with two attached hydrogens (primary N) is 1. The van der Waals surface area contributed by atoms with Crippen LogP contribution in [0, 0.1) is 6.92 Å². The number of rotatable bonds is 6. The Balaban J connectivity index is 2.43. The largest absolute Gasteiger partial charge is 0.394 e. The molecule has 1 rings (SSSR count). The quantitative estimate of drug-likeness (QED) is 0.644. The van der Waals surface area contributed by atoms with E-state index in [2.05, 4.69) is 10.4 Å². The highest BCUT2D eigenvalue weighted by Crippen LogP contribution is 2.20. The Morgan fingerprint density at radius 3 is 2.81 bits per heavy atom. The number of methoxy groups -OCH3 is 1. The first kappa shape index (κ1) is 12.8. The van der Waals surface area contributed by atoms with Crippen molar-refractivity contribution in [3.8, 4) is 0 Å². The third-order valence-electron chi connectivity index (χ3n) is 2.40. The second-order valence-corrected chi connectivity index (χ2v) is 3.80. The summed E-state index contributed by atoms with van der Waals surface area (Å²) < 4.78 is 6.54.